The highest BCUT2D eigenvalue weighted by Crippen LogP contribution is 2.33. The Morgan fingerprint density at radius 3 is 2.76 bits per heavy atom. The van der Waals surface area contributed by atoms with Crippen LogP contribution in [0.15, 0.2) is 29.2 Å². The van der Waals surface area contributed by atoms with E-state index in [2.05, 4.69) is 18.0 Å². The lowest BCUT2D eigenvalue weighted by Gasteiger charge is -2.32. The summed E-state index contributed by atoms with van der Waals surface area (Å²) in [6.45, 7) is 2.00. The molecule has 0 unspecified atom stereocenters. The highest BCUT2D eigenvalue weighted by atomic mass is 35.5. The fourth-order valence-corrected chi connectivity index (χ4v) is 3.49. The van der Waals surface area contributed by atoms with Crippen molar-refractivity contribution in [3.63, 3.8) is 0 Å². The van der Waals surface area contributed by atoms with E-state index in [1.807, 2.05) is 24.3 Å². The van der Waals surface area contributed by atoms with Gasteiger partial charge in [-0.25, -0.2) is 0 Å². The van der Waals surface area contributed by atoms with Crippen LogP contribution in [0.1, 0.15) is 6.42 Å². The maximum Gasteiger partial charge on any atom is 0.0668 e. The molecule has 0 spiro atoms. The number of thioether (sulfide) groups is 1. The molecule has 2 rings (SSSR count). The molecular formula is C13H15ClN2S. The summed E-state index contributed by atoms with van der Waals surface area (Å²) in [4.78, 5) is 3.48. The minimum atomic E-state index is 0.159. The van der Waals surface area contributed by atoms with Crippen LogP contribution in [-0.2, 0) is 0 Å². The third-order valence-electron chi connectivity index (χ3n) is 3.03. The second-order valence-electron chi connectivity index (χ2n) is 4.40. The van der Waals surface area contributed by atoms with Crippen molar-refractivity contribution in [1.29, 1.82) is 5.26 Å². The van der Waals surface area contributed by atoms with Gasteiger partial charge in [0, 0.05) is 21.7 Å². The number of piperidine rings is 1. The molecule has 0 aliphatic carbocycles. The Morgan fingerprint density at radius 1 is 1.41 bits per heavy atom. The molecule has 1 aromatic carbocycles. The molecule has 1 aromatic rings. The van der Waals surface area contributed by atoms with Crippen molar-refractivity contribution in [2.24, 2.45) is 5.92 Å². The van der Waals surface area contributed by atoms with Crippen LogP contribution in [0.25, 0.3) is 0 Å². The Morgan fingerprint density at radius 2 is 2.12 bits per heavy atom. The summed E-state index contributed by atoms with van der Waals surface area (Å²) < 4.78 is 0. The van der Waals surface area contributed by atoms with Gasteiger partial charge in [0.05, 0.1) is 12.0 Å². The molecule has 1 heterocycles. The molecule has 17 heavy (non-hydrogen) atoms. The monoisotopic (exact) mass is 266 g/mol. The molecule has 0 aromatic heterocycles. The summed E-state index contributed by atoms with van der Waals surface area (Å²) in [5.74, 6) is 0.159. The predicted octanol–water partition coefficient (Wildman–Crippen LogP) is 3.28. The summed E-state index contributed by atoms with van der Waals surface area (Å²) in [5, 5.41) is 10.3. The first-order chi connectivity index (χ1) is 8.19. The average molecular weight is 267 g/mol. The summed E-state index contributed by atoms with van der Waals surface area (Å²) in [6.07, 6.45) is 0.970. The van der Waals surface area contributed by atoms with Crippen LogP contribution in [0.4, 0.5) is 0 Å². The van der Waals surface area contributed by atoms with E-state index < -0.39 is 0 Å². The van der Waals surface area contributed by atoms with Crippen molar-refractivity contribution >= 4 is 23.4 Å². The predicted molar refractivity (Wildman–Crippen MR) is 72.3 cm³/mol. The van der Waals surface area contributed by atoms with Gasteiger partial charge >= 0.3 is 0 Å². The van der Waals surface area contributed by atoms with Crippen LogP contribution < -0.4 is 0 Å². The Labute approximate surface area is 112 Å². The van der Waals surface area contributed by atoms with Gasteiger partial charge in [0.15, 0.2) is 0 Å². The van der Waals surface area contributed by atoms with Crippen molar-refractivity contribution in [1.82, 2.24) is 4.90 Å². The molecule has 2 atom stereocenters. The van der Waals surface area contributed by atoms with Crippen molar-refractivity contribution in [2.75, 3.05) is 20.1 Å². The SMILES string of the molecule is CN1CC[C@H](C#N)[C@H](Sc2ccc(Cl)cc2)C1. The molecule has 4 heteroatoms. The summed E-state index contributed by atoms with van der Waals surface area (Å²) in [5.41, 5.74) is 0. The molecule has 0 bridgehead atoms. The number of nitriles is 1. The molecule has 90 valence electrons. The molecule has 0 amide bonds. The van der Waals surface area contributed by atoms with E-state index in [1.165, 1.54) is 4.90 Å². The van der Waals surface area contributed by atoms with Crippen LogP contribution in [0.5, 0.6) is 0 Å². The Balaban J connectivity index is 2.05. The molecular weight excluding hydrogens is 252 g/mol. The quantitative estimate of drug-likeness (QED) is 0.822. The Bertz CT molecular complexity index is 412. The first-order valence-corrected chi connectivity index (χ1v) is 6.95. The molecule has 1 aliphatic heterocycles. The third-order valence-corrected chi connectivity index (χ3v) is 4.61. The zero-order valence-electron chi connectivity index (χ0n) is 9.77. The van der Waals surface area contributed by atoms with E-state index in [9.17, 15) is 0 Å². The van der Waals surface area contributed by atoms with Crippen LogP contribution in [0.2, 0.25) is 5.02 Å². The van der Waals surface area contributed by atoms with Crippen LogP contribution in [0, 0.1) is 17.2 Å². The van der Waals surface area contributed by atoms with Crippen molar-refractivity contribution in [2.45, 2.75) is 16.6 Å². The van der Waals surface area contributed by atoms with E-state index in [4.69, 9.17) is 16.9 Å². The molecule has 0 radical (unpaired) electrons. The smallest absolute Gasteiger partial charge is 0.0668 e. The topological polar surface area (TPSA) is 27.0 Å². The normalized spacial score (nSPS) is 25.5. The van der Waals surface area contributed by atoms with Gasteiger partial charge in [-0.15, -0.1) is 11.8 Å². The second kappa shape index (κ2) is 5.77. The molecule has 0 N–H and O–H groups in total. The van der Waals surface area contributed by atoms with Crippen LogP contribution >= 0.6 is 23.4 Å². The molecule has 1 fully saturated rings. The van der Waals surface area contributed by atoms with Crippen LogP contribution in [0.3, 0.4) is 0 Å². The summed E-state index contributed by atoms with van der Waals surface area (Å²) in [7, 11) is 2.11. The summed E-state index contributed by atoms with van der Waals surface area (Å²) >= 11 is 7.65. The van der Waals surface area contributed by atoms with Gasteiger partial charge < -0.3 is 4.90 Å². The number of nitrogens with zero attached hydrogens (tertiary/aromatic N) is 2. The van der Waals surface area contributed by atoms with E-state index >= 15 is 0 Å². The Hall–Kier alpha value is -0.690. The number of rotatable bonds is 2. The third kappa shape index (κ3) is 3.38. The maximum atomic E-state index is 9.17. The number of hydrogen-bond donors (Lipinski definition) is 0. The van der Waals surface area contributed by atoms with Gasteiger partial charge in [0.1, 0.15) is 0 Å². The number of halogens is 1. The molecule has 1 saturated heterocycles. The number of likely N-dealkylation sites (tertiary alicyclic amines) is 1. The minimum Gasteiger partial charge on any atom is -0.305 e. The van der Waals surface area contributed by atoms with Gasteiger partial charge in [-0.1, -0.05) is 11.6 Å². The first kappa shape index (κ1) is 12.8. The van der Waals surface area contributed by atoms with E-state index in [0.717, 1.165) is 24.5 Å². The van der Waals surface area contributed by atoms with Gasteiger partial charge in [0.25, 0.3) is 0 Å². The van der Waals surface area contributed by atoms with Crippen LogP contribution in [-0.4, -0.2) is 30.3 Å². The van der Waals surface area contributed by atoms with E-state index in [1.54, 1.807) is 11.8 Å². The van der Waals surface area contributed by atoms with Crippen molar-refractivity contribution in [3.05, 3.63) is 29.3 Å². The highest BCUT2D eigenvalue weighted by molar-refractivity contribution is 8.00. The van der Waals surface area contributed by atoms with Gasteiger partial charge in [-0.05, 0) is 44.3 Å². The van der Waals surface area contributed by atoms with Crippen molar-refractivity contribution < 1.29 is 0 Å². The number of benzene rings is 1. The van der Waals surface area contributed by atoms with E-state index in [-0.39, 0.29) is 5.92 Å². The average Bonchev–Trinajstić information content (AvgIpc) is 2.32. The summed E-state index contributed by atoms with van der Waals surface area (Å²) in [6, 6.07) is 10.3. The van der Waals surface area contributed by atoms with Gasteiger partial charge in [-0.3, -0.25) is 0 Å². The van der Waals surface area contributed by atoms with E-state index in [0.29, 0.717) is 5.25 Å². The molecule has 2 nitrogen and oxygen atoms in total. The van der Waals surface area contributed by atoms with Crippen molar-refractivity contribution in [3.8, 4) is 6.07 Å². The second-order valence-corrected chi connectivity index (χ2v) is 6.15. The number of hydrogen-bond acceptors (Lipinski definition) is 3. The first-order valence-electron chi connectivity index (χ1n) is 5.69. The standard InChI is InChI=1S/C13H15ClN2S/c1-16-7-6-10(8-15)13(9-16)17-12-4-2-11(14)3-5-12/h2-5,10,13H,6-7,9H2,1H3/t10-,13-/m1/s1. The molecule has 0 saturated carbocycles. The fourth-order valence-electron chi connectivity index (χ4n) is 2.03. The largest absolute Gasteiger partial charge is 0.305 e. The zero-order valence-corrected chi connectivity index (χ0v) is 11.3. The Kier molecular flexibility index (Phi) is 4.33. The van der Waals surface area contributed by atoms with Gasteiger partial charge in [0.2, 0.25) is 0 Å². The highest BCUT2D eigenvalue weighted by Gasteiger charge is 2.28. The maximum absolute atomic E-state index is 9.17. The lowest BCUT2D eigenvalue weighted by Crippen LogP contribution is -2.39. The fraction of sp³-hybridized carbons (Fsp3) is 0.462. The lowest BCUT2D eigenvalue weighted by molar-refractivity contribution is 0.254. The van der Waals surface area contributed by atoms with Gasteiger partial charge in [-0.2, -0.15) is 5.26 Å². The lowest BCUT2D eigenvalue weighted by atomic mass is 9.98. The molecule has 1 aliphatic rings. The minimum absolute atomic E-state index is 0.159. The zero-order chi connectivity index (χ0) is 12.3.